The summed E-state index contributed by atoms with van der Waals surface area (Å²) in [6.07, 6.45) is 9.41. The summed E-state index contributed by atoms with van der Waals surface area (Å²) in [6, 6.07) is 0.859. The molecule has 1 fully saturated rings. The van der Waals surface area contributed by atoms with E-state index in [1.165, 1.54) is 51.1 Å². The molecule has 2 aliphatic rings. The Morgan fingerprint density at radius 2 is 2.24 bits per heavy atom. The van der Waals surface area contributed by atoms with Crippen molar-refractivity contribution >= 4 is 0 Å². The summed E-state index contributed by atoms with van der Waals surface area (Å²) in [6.45, 7) is 5.74. The zero-order valence-corrected chi connectivity index (χ0v) is 10.4. The first-order valence-corrected chi connectivity index (χ1v) is 6.87. The SMILES string of the molecule is c1cn2c(n1)CN(CCCCNC1CC1)CC2. The summed E-state index contributed by atoms with van der Waals surface area (Å²) in [7, 11) is 0. The lowest BCUT2D eigenvalue weighted by atomic mass is 10.2. The number of nitrogens with one attached hydrogen (secondary N) is 1. The van der Waals surface area contributed by atoms with E-state index in [1.807, 2.05) is 6.20 Å². The Kier molecular flexibility index (Phi) is 3.43. The van der Waals surface area contributed by atoms with Crippen molar-refractivity contribution in [3.8, 4) is 0 Å². The lowest BCUT2D eigenvalue weighted by Gasteiger charge is -2.27. The zero-order chi connectivity index (χ0) is 11.5. The molecule has 0 atom stereocenters. The van der Waals surface area contributed by atoms with Crippen LogP contribution in [0.2, 0.25) is 0 Å². The normalized spacial score (nSPS) is 20.5. The fourth-order valence-corrected chi connectivity index (χ4v) is 2.47. The highest BCUT2D eigenvalue weighted by Crippen LogP contribution is 2.18. The second-order valence-corrected chi connectivity index (χ2v) is 5.25. The van der Waals surface area contributed by atoms with Gasteiger partial charge in [0.25, 0.3) is 0 Å². The number of fused-ring (bicyclic) bond motifs is 1. The maximum absolute atomic E-state index is 4.39. The summed E-state index contributed by atoms with van der Waals surface area (Å²) in [5, 5.41) is 3.57. The fraction of sp³-hybridized carbons (Fsp3) is 0.769. The maximum Gasteiger partial charge on any atom is 0.122 e. The molecule has 1 N–H and O–H groups in total. The van der Waals surface area contributed by atoms with Crippen molar-refractivity contribution in [3.05, 3.63) is 18.2 Å². The summed E-state index contributed by atoms with van der Waals surface area (Å²) in [5.41, 5.74) is 0. The van der Waals surface area contributed by atoms with E-state index in [0.717, 1.165) is 19.1 Å². The smallest absolute Gasteiger partial charge is 0.122 e. The largest absolute Gasteiger partial charge is 0.333 e. The first-order valence-electron chi connectivity index (χ1n) is 6.87. The Balaban J connectivity index is 1.33. The predicted octanol–water partition coefficient (Wildman–Crippen LogP) is 1.23. The van der Waals surface area contributed by atoms with Crippen LogP contribution < -0.4 is 5.32 Å². The van der Waals surface area contributed by atoms with Gasteiger partial charge in [0.2, 0.25) is 0 Å². The minimum atomic E-state index is 0.859. The number of hydrogen-bond donors (Lipinski definition) is 1. The molecule has 4 nitrogen and oxygen atoms in total. The van der Waals surface area contributed by atoms with Gasteiger partial charge in [-0.1, -0.05) is 0 Å². The first-order chi connectivity index (χ1) is 8.42. The van der Waals surface area contributed by atoms with E-state index in [1.54, 1.807) is 0 Å². The van der Waals surface area contributed by atoms with Gasteiger partial charge in [0.15, 0.2) is 0 Å². The van der Waals surface area contributed by atoms with Crippen molar-refractivity contribution in [1.29, 1.82) is 0 Å². The molecule has 0 unspecified atom stereocenters. The molecule has 2 heterocycles. The molecule has 0 bridgehead atoms. The first kappa shape index (κ1) is 11.2. The van der Waals surface area contributed by atoms with Crippen LogP contribution in [-0.2, 0) is 13.1 Å². The molecule has 0 radical (unpaired) electrons. The third-order valence-electron chi connectivity index (χ3n) is 3.74. The van der Waals surface area contributed by atoms with Crippen LogP contribution in [0, 0.1) is 0 Å². The van der Waals surface area contributed by atoms with Crippen molar-refractivity contribution in [1.82, 2.24) is 19.8 Å². The molecule has 1 aliphatic carbocycles. The average Bonchev–Trinajstić information content (AvgIpc) is 3.05. The number of aromatic nitrogens is 2. The molecule has 4 heteroatoms. The highest BCUT2D eigenvalue weighted by molar-refractivity contribution is 4.95. The molecule has 94 valence electrons. The van der Waals surface area contributed by atoms with E-state index in [9.17, 15) is 0 Å². The standard InChI is InChI=1S/C13H22N4/c1(5-14-12-3-4-12)2-7-16-9-10-17-8-6-15-13(17)11-16/h6,8,12,14H,1-5,7,9-11H2. The zero-order valence-electron chi connectivity index (χ0n) is 10.4. The summed E-state index contributed by atoms with van der Waals surface area (Å²) in [4.78, 5) is 6.92. The number of imidazole rings is 1. The van der Waals surface area contributed by atoms with Crippen molar-refractivity contribution in [3.63, 3.8) is 0 Å². The van der Waals surface area contributed by atoms with E-state index in [-0.39, 0.29) is 0 Å². The Morgan fingerprint density at radius 1 is 1.29 bits per heavy atom. The van der Waals surface area contributed by atoms with E-state index in [4.69, 9.17) is 0 Å². The molecule has 3 rings (SSSR count). The minimum Gasteiger partial charge on any atom is -0.333 e. The molecule has 0 aromatic carbocycles. The lowest BCUT2D eigenvalue weighted by Crippen LogP contribution is -2.34. The monoisotopic (exact) mass is 234 g/mol. The Hall–Kier alpha value is -0.870. The van der Waals surface area contributed by atoms with Gasteiger partial charge in [-0.2, -0.15) is 0 Å². The quantitative estimate of drug-likeness (QED) is 0.752. The molecular weight excluding hydrogens is 212 g/mol. The van der Waals surface area contributed by atoms with E-state index >= 15 is 0 Å². The van der Waals surface area contributed by atoms with Crippen molar-refractivity contribution in [2.45, 2.75) is 44.8 Å². The third kappa shape index (κ3) is 3.07. The van der Waals surface area contributed by atoms with Crippen LogP contribution in [0.5, 0.6) is 0 Å². The lowest BCUT2D eigenvalue weighted by molar-refractivity contribution is 0.213. The molecule has 1 aromatic rings. The Labute approximate surface area is 103 Å². The molecule has 0 amide bonds. The summed E-state index contributed by atoms with van der Waals surface area (Å²) < 4.78 is 2.27. The van der Waals surface area contributed by atoms with Crippen LogP contribution >= 0.6 is 0 Å². The van der Waals surface area contributed by atoms with E-state index < -0.39 is 0 Å². The Morgan fingerprint density at radius 3 is 3.12 bits per heavy atom. The number of unbranched alkanes of at least 4 members (excludes halogenated alkanes) is 1. The topological polar surface area (TPSA) is 33.1 Å². The number of nitrogens with zero attached hydrogens (tertiary/aromatic N) is 3. The van der Waals surface area contributed by atoms with Gasteiger partial charge in [-0.15, -0.1) is 0 Å². The number of rotatable bonds is 6. The molecular formula is C13H22N4. The van der Waals surface area contributed by atoms with Gasteiger partial charge >= 0.3 is 0 Å². The van der Waals surface area contributed by atoms with Crippen LogP contribution in [-0.4, -0.2) is 40.1 Å². The van der Waals surface area contributed by atoms with Gasteiger partial charge in [0.05, 0.1) is 6.54 Å². The predicted molar refractivity (Wildman–Crippen MR) is 67.8 cm³/mol. The second-order valence-electron chi connectivity index (χ2n) is 5.25. The molecule has 1 saturated carbocycles. The summed E-state index contributed by atoms with van der Waals surface area (Å²) >= 11 is 0. The van der Waals surface area contributed by atoms with Crippen molar-refractivity contribution in [2.75, 3.05) is 19.6 Å². The third-order valence-corrected chi connectivity index (χ3v) is 3.74. The van der Waals surface area contributed by atoms with Gasteiger partial charge < -0.3 is 9.88 Å². The van der Waals surface area contributed by atoms with Crippen LogP contribution in [0.3, 0.4) is 0 Å². The van der Waals surface area contributed by atoms with Gasteiger partial charge in [0, 0.05) is 31.5 Å². The van der Waals surface area contributed by atoms with Gasteiger partial charge in [0.1, 0.15) is 5.82 Å². The van der Waals surface area contributed by atoms with E-state index in [0.29, 0.717) is 0 Å². The highest BCUT2D eigenvalue weighted by atomic mass is 15.2. The van der Waals surface area contributed by atoms with Gasteiger partial charge in [-0.3, -0.25) is 4.90 Å². The number of hydrogen-bond acceptors (Lipinski definition) is 3. The van der Waals surface area contributed by atoms with Gasteiger partial charge in [-0.05, 0) is 38.8 Å². The Bertz CT molecular complexity index is 356. The minimum absolute atomic E-state index is 0.859. The van der Waals surface area contributed by atoms with Crippen LogP contribution in [0.4, 0.5) is 0 Å². The molecule has 1 aliphatic heterocycles. The van der Waals surface area contributed by atoms with E-state index in [2.05, 4.69) is 26.0 Å². The maximum atomic E-state index is 4.39. The summed E-state index contributed by atoms with van der Waals surface area (Å²) in [5.74, 6) is 1.23. The fourth-order valence-electron chi connectivity index (χ4n) is 2.47. The second kappa shape index (κ2) is 5.19. The van der Waals surface area contributed by atoms with Crippen molar-refractivity contribution < 1.29 is 0 Å². The van der Waals surface area contributed by atoms with Gasteiger partial charge in [-0.25, -0.2) is 4.98 Å². The molecule has 0 spiro atoms. The molecule has 0 saturated heterocycles. The van der Waals surface area contributed by atoms with Crippen LogP contribution in [0.15, 0.2) is 12.4 Å². The molecule has 1 aromatic heterocycles. The average molecular weight is 234 g/mol. The molecule has 17 heavy (non-hydrogen) atoms. The van der Waals surface area contributed by atoms with Crippen LogP contribution in [0.1, 0.15) is 31.5 Å². The van der Waals surface area contributed by atoms with Crippen LogP contribution in [0.25, 0.3) is 0 Å². The highest BCUT2D eigenvalue weighted by Gasteiger charge is 2.19. The van der Waals surface area contributed by atoms with Crippen molar-refractivity contribution in [2.24, 2.45) is 0 Å².